The first-order chi connectivity index (χ1) is 17.7. The summed E-state index contributed by atoms with van der Waals surface area (Å²) in [5, 5.41) is 22.3. The van der Waals surface area contributed by atoms with Crippen LogP contribution < -0.4 is 0 Å². The number of pyridine rings is 1. The Morgan fingerprint density at radius 2 is 1.66 bits per heavy atom. The molecule has 1 aromatic heterocycles. The van der Waals surface area contributed by atoms with Crippen LogP contribution in [0.25, 0.3) is 22.0 Å². The second-order valence-corrected chi connectivity index (χ2v) is 11.6. The van der Waals surface area contributed by atoms with Crippen molar-refractivity contribution in [2.24, 2.45) is 5.92 Å². The van der Waals surface area contributed by atoms with E-state index in [2.05, 4.69) is 4.98 Å². The molecule has 0 bridgehead atoms. The number of nitrogens with zero attached hydrogens (tertiary/aromatic N) is 2. The number of rotatable bonds is 5. The van der Waals surface area contributed by atoms with E-state index >= 15 is 0 Å². The maximum absolute atomic E-state index is 12.7. The van der Waals surface area contributed by atoms with E-state index in [9.17, 15) is 19.8 Å². The van der Waals surface area contributed by atoms with E-state index in [0.29, 0.717) is 41.7 Å². The fourth-order valence-corrected chi connectivity index (χ4v) is 5.49. The topological polar surface area (TPSA) is 100.0 Å². The number of fused-ring (bicyclic) bond motifs is 3. The predicted octanol–water partition coefficient (Wildman–Crippen LogP) is 6.01. The number of aliphatic carboxylic acids is 1. The van der Waals surface area contributed by atoms with Crippen LogP contribution in [0.3, 0.4) is 0 Å². The fraction of sp³-hybridized carbons (Fsp3) is 0.452. The predicted molar refractivity (Wildman–Crippen MR) is 148 cm³/mol. The summed E-state index contributed by atoms with van der Waals surface area (Å²) in [7, 11) is 0. The normalized spacial score (nSPS) is 14.6. The first-order valence-electron chi connectivity index (χ1n) is 13.1. The van der Waals surface area contributed by atoms with E-state index in [0.717, 1.165) is 33.2 Å². The quantitative estimate of drug-likeness (QED) is 0.429. The summed E-state index contributed by atoms with van der Waals surface area (Å²) in [5.41, 5.74) is 6.38. The van der Waals surface area contributed by atoms with Crippen LogP contribution in [0.1, 0.15) is 74.1 Å². The molecule has 0 unspecified atom stereocenters. The Labute approximate surface area is 224 Å². The van der Waals surface area contributed by atoms with Crippen molar-refractivity contribution in [3.63, 3.8) is 0 Å². The molecule has 0 radical (unpaired) electrons. The van der Waals surface area contributed by atoms with Gasteiger partial charge in [-0.1, -0.05) is 43.7 Å². The first kappa shape index (κ1) is 27.6. The number of aromatic hydroxyl groups is 1. The van der Waals surface area contributed by atoms with Crippen molar-refractivity contribution in [2.75, 3.05) is 6.54 Å². The van der Waals surface area contributed by atoms with E-state index in [1.807, 2.05) is 79.7 Å². The zero-order valence-corrected chi connectivity index (χ0v) is 23.6. The number of amides is 1. The van der Waals surface area contributed by atoms with Crippen molar-refractivity contribution >= 4 is 22.8 Å². The zero-order valence-electron chi connectivity index (χ0n) is 23.6. The Morgan fingerprint density at radius 3 is 2.21 bits per heavy atom. The van der Waals surface area contributed by atoms with Crippen LogP contribution in [0, 0.1) is 26.7 Å². The monoisotopic (exact) mass is 518 g/mol. The summed E-state index contributed by atoms with van der Waals surface area (Å²) in [6, 6.07) is 8.04. The van der Waals surface area contributed by atoms with Crippen LogP contribution >= 0.6 is 0 Å². The molecule has 4 rings (SSSR count). The average molecular weight is 519 g/mol. The van der Waals surface area contributed by atoms with Gasteiger partial charge in [0.05, 0.1) is 17.7 Å². The number of aromatic nitrogens is 1. The van der Waals surface area contributed by atoms with Crippen molar-refractivity contribution < 1.29 is 24.5 Å². The van der Waals surface area contributed by atoms with Crippen molar-refractivity contribution in [3.8, 4) is 17.0 Å². The number of hydrogen-bond acceptors (Lipinski definition) is 5. The Kier molecular flexibility index (Phi) is 7.28. The molecule has 38 heavy (non-hydrogen) atoms. The maximum Gasteiger partial charge on any atom is 0.337 e. The Morgan fingerprint density at radius 1 is 1.03 bits per heavy atom. The molecule has 0 aliphatic carbocycles. The summed E-state index contributed by atoms with van der Waals surface area (Å²) in [5.74, 6) is -1.29. The van der Waals surface area contributed by atoms with Gasteiger partial charge in [0.2, 0.25) is 11.8 Å². The number of ether oxygens (including phenoxy) is 1. The molecule has 0 spiro atoms. The van der Waals surface area contributed by atoms with Crippen LogP contribution in [-0.4, -0.2) is 44.1 Å². The number of carbonyl (C=O) groups is 2. The largest absolute Gasteiger partial charge is 0.493 e. The van der Waals surface area contributed by atoms with E-state index in [1.54, 1.807) is 4.90 Å². The van der Waals surface area contributed by atoms with Crippen LogP contribution in [-0.2, 0) is 27.3 Å². The van der Waals surface area contributed by atoms with Crippen molar-refractivity contribution in [1.29, 1.82) is 0 Å². The first-order valence-corrected chi connectivity index (χ1v) is 13.1. The number of benzene rings is 2. The number of hydrogen-bond donors (Lipinski definition) is 2. The van der Waals surface area contributed by atoms with Gasteiger partial charge in [-0.3, -0.25) is 4.79 Å². The van der Waals surface area contributed by atoms with Gasteiger partial charge < -0.3 is 19.8 Å². The summed E-state index contributed by atoms with van der Waals surface area (Å²) in [6.07, 6.45) is -0.651. The minimum absolute atomic E-state index is 0.0439. The standard InChI is InChI=1S/C31H38N2O5/c1-16(2)29(35)33-14-13-21-22(15-33)28(34)32-26-19(5)25(27(30(36)37)38-31(6,7)8)23(18(4)24(21)26)20-11-9-17(3)10-12-20/h9-12,16,27H,13-15H2,1-8H3,(H,32,34)(H,36,37)/t27-/m0/s1. The molecule has 1 aliphatic heterocycles. The molecule has 2 N–H and O–H groups in total. The molecular formula is C31H38N2O5. The molecule has 0 saturated carbocycles. The molecule has 0 fully saturated rings. The lowest BCUT2D eigenvalue weighted by molar-refractivity contribution is -0.160. The summed E-state index contributed by atoms with van der Waals surface area (Å²) < 4.78 is 6.13. The van der Waals surface area contributed by atoms with Crippen molar-refractivity contribution in [1.82, 2.24) is 9.88 Å². The van der Waals surface area contributed by atoms with Gasteiger partial charge in [-0.05, 0) is 75.8 Å². The molecule has 2 heterocycles. The fourth-order valence-electron chi connectivity index (χ4n) is 5.49. The number of carbonyl (C=O) groups excluding carboxylic acids is 1. The van der Waals surface area contributed by atoms with Crippen molar-refractivity contribution in [3.05, 3.63) is 57.6 Å². The molecule has 3 aromatic rings. The SMILES string of the molecule is Cc1ccc(-c2c([C@H](OC(C)(C)C)C(=O)O)c(C)c3nc(O)c4c(c3c2C)CCN(C(=O)C(C)C)C4)cc1. The second kappa shape index (κ2) is 10.0. The molecule has 1 atom stereocenters. The van der Waals surface area contributed by atoms with Gasteiger partial charge >= 0.3 is 5.97 Å². The van der Waals surface area contributed by atoms with E-state index < -0.39 is 17.7 Å². The summed E-state index contributed by atoms with van der Waals surface area (Å²) >= 11 is 0. The molecule has 1 aliphatic rings. The highest BCUT2D eigenvalue weighted by Crippen LogP contribution is 2.45. The molecule has 7 heteroatoms. The Balaban J connectivity index is 2.07. The highest BCUT2D eigenvalue weighted by atomic mass is 16.5. The molecule has 2 aromatic carbocycles. The van der Waals surface area contributed by atoms with Crippen LogP contribution in [0.15, 0.2) is 24.3 Å². The molecule has 7 nitrogen and oxygen atoms in total. The highest BCUT2D eigenvalue weighted by molar-refractivity contribution is 5.99. The third-order valence-corrected chi connectivity index (χ3v) is 7.25. The van der Waals surface area contributed by atoms with E-state index in [4.69, 9.17) is 4.74 Å². The maximum atomic E-state index is 12.7. The van der Waals surface area contributed by atoms with Crippen LogP contribution in [0.2, 0.25) is 0 Å². The molecule has 1 amide bonds. The third-order valence-electron chi connectivity index (χ3n) is 7.25. The zero-order chi connectivity index (χ0) is 28.1. The minimum Gasteiger partial charge on any atom is -0.493 e. The van der Waals surface area contributed by atoms with Gasteiger partial charge in [0.25, 0.3) is 0 Å². The lowest BCUT2D eigenvalue weighted by Gasteiger charge is -2.33. The van der Waals surface area contributed by atoms with Gasteiger partial charge in [-0.25, -0.2) is 9.78 Å². The molecular weight excluding hydrogens is 480 g/mol. The van der Waals surface area contributed by atoms with Gasteiger partial charge in [-0.2, -0.15) is 0 Å². The second-order valence-electron chi connectivity index (χ2n) is 11.6. The van der Waals surface area contributed by atoms with Gasteiger partial charge in [-0.15, -0.1) is 0 Å². The molecule has 202 valence electrons. The summed E-state index contributed by atoms with van der Waals surface area (Å²) in [6.45, 7) is 16.0. The van der Waals surface area contributed by atoms with Crippen LogP contribution in [0.5, 0.6) is 5.88 Å². The van der Waals surface area contributed by atoms with Gasteiger partial charge in [0, 0.05) is 29.0 Å². The number of carboxylic acids is 1. The number of aryl methyl sites for hydroxylation is 3. The molecule has 0 saturated heterocycles. The van der Waals surface area contributed by atoms with Crippen molar-refractivity contribution in [2.45, 2.75) is 80.1 Å². The van der Waals surface area contributed by atoms with Gasteiger partial charge in [0.1, 0.15) is 0 Å². The van der Waals surface area contributed by atoms with Gasteiger partial charge in [0.15, 0.2) is 6.10 Å². The lowest BCUT2D eigenvalue weighted by atomic mass is 9.82. The van der Waals surface area contributed by atoms with E-state index in [1.165, 1.54) is 0 Å². The minimum atomic E-state index is -1.23. The highest BCUT2D eigenvalue weighted by Gasteiger charge is 2.35. The lowest BCUT2D eigenvalue weighted by Crippen LogP contribution is -2.38. The van der Waals surface area contributed by atoms with Crippen LogP contribution in [0.4, 0.5) is 0 Å². The smallest absolute Gasteiger partial charge is 0.337 e. The Bertz CT molecular complexity index is 1420. The average Bonchev–Trinajstić information content (AvgIpc) is 2.84. The number of carboxylic acid groups (broad SMARTS) is 1. The van der Waals surface area contributed by atoms with E-state index in [-0.39, 0.29) is 17.7 Å². The third kappa shape index (κ3) is 4.99. The summed E-state index contributed by atoms with van der Waals surface area (Å²) in [4.78, 5) is 31.7. The Hall–Kier alpha value is -3.45.